The minimum absolute atomic E-state index is 0.0961. The van der Waals surface area contributed by atoms with Crippen molar-refractivity contribution in [2.45, 2.75) is 44.6 Å². The van der Waals surface area contributed by atoms with Gasteiger partial charge in [-0.05, 0) is 50.7 Å². The Balaban J connectivity index is 1.52. The zero-order valence-electron chi connectivity index (χ0n) is 15.1. The number of allylic oxidation sites excluding steroid dienone is 1. The van der Waals surface area contributed by atoms with Crippen LogP contribution in [0.1, 0.15) is 48.9 Å². The van der Waals surface area contributed by atoms with Crippen LogP contribution in [0.2, 0.25) is 0 Å². The third-order valence-corrected chi connectivity index (χ3v) is 5.71. The standard InChI is InChI=1S/C21H28N2O2/c1-16-8-10-18(11-9-16)20(24)22(2)19-12-14-23(15-13-19)21(25)17-6-4-3-5-7-17/h3-7,18-19H,1,8-15H2,2H3. The zero-order chi connectivity index (χ0) is 17.8. The Kier molecular flexibility index (Phi) is 5.57. The van der Waals surface area contributed by atoms with Crippen molar-refractivity contribution in [1.29, 1.82) is 0 Å². The summed E-state index contributed by atoms with van der Waals surface area (Å²) in [6.45, 7) is 5.47. The first-order chi connectivity index (χ1) is 12.1. The van der Waals surface area contributed by atoms with E-state index in [2.05, 4.69) is 6.58 Å². The van der Waals surface area contributed by atoms with Gasteiger partial charge in [0.2, 0.25) is 5.91 Å². The van der Waals surface area contributed by atoms with Gasteiger partial charge in [-0.2, -0.15) is 0 Å². The van der Waals surface area contributed by atoms with E-state index in [9.17, 15) is 9.59 Å². The number of hydrogen-bond donors (Lipinski definition) is 0. The fourth-order valence-electron chi connectivity index (χ4n) is 3.96. The maximum absolute atomic E-state index is 12.8. The molecule has 0 N–H and O–H groups in total. The normalized spacial score (nSPS) is 19.7. The molecule has 4 nitrogen and oxygen atoms in total. The summed E-state index contributed by atoms with van der Waals surface area (Å²) < 4.78 is 0. The molecule has 134 valence electrons. The topological polar surface area (TPSA) is 40.6 Å². The van der Waals surface area contributed by atoms with Gasteiger partial charge >= 0.3 is 0 Å². The number of hydrogen-bond acceptors (Lipinski definition) is 2. The van der Waals surface area contributed by atoms with Gasteiger partial charge in [-0.3, -0.25) is 9.59 Å². The molecule has 4 heteroatoms. The van der Waals surface area contributed by atoms with E-state index in [4.69, 9.17) is 0 Å². The minimum atomic E-state index is 0.0961. The molecule has 0 aromatic heterocycles. The van der Waals surface area contributed by atoms with Crippen molar-refractivity contribution in [3.63, 3.8) is 0 Å². The van der Waals surface area contributed by atoms with Crippen LogP contribution < -0.4 is 0 Å². The van der Waals surface area contributed by atoms with Gasteiger partial charge in [0.25, 0.3) is 5.91 Å². The molecule has 0 unspecified atom stereocenters. The van der Waals surface area contributed by atoms with Crippen molar-refractivity contribution in [3.8, 4) is 0 Å². The van der Waals surface area contributed by atoms with Gasteiger partial charge in [0.15, 0.2) is 0 Å². The Hall–Kier alpha value is -2.10. The van der Waals surface area contributed by atoms with E-state index in [0.29, 0.717) is 0 Å². The Morgan fingerprint density at radius 2 is 1.64 bits per heavy atom. The van der Waals surface area contributed by atoms with Crippen LogP contribution in [0.4, 0.5) is 0 Å². The predicted molar refractivity (Wildman–Crippen MR) is 99.2 cm³/mol. The van der Waals surface area contributed by atoms with Crippen LogP contribution in [-0.2, 0) is 4.79 Å². The van der Waals surface area contributed by atoms with Gasteiger partial charge in [-0.25, -0.2) is 0 Å². The first kappa shape index (κ1) is 17.7. The van der Waals surface area contributed by atoms with Gasteiger partial charge in [0.05, 0.1) is 0 Å². The Bertz CT molecular complexity index is 623. The molecule has 1 aliphatic carbocycles. The van der Waals surface area contributed by atoms with E-state index in [1.807, 2.05) is 47.2 Å². The van der Waals surface area contributed by atoms with Gasteiger partial charge in [-0.15, -0.1) is 0 Å². The highest BCUT2D eigenvalue weighted by Gasteiger charge is 2.31. The highest BCUT2D eigenvalue weighted by molar-refractivity contribution is 5.94. The number of amides is 2. The summed E-state index contributed by atoms with van der Waals surface area (Å²) in [6.07, 6.45) is 5.56. The smallest absolute Gasteiger partial charge is 0.253 e. The van der Waals surface area contributed by atoms with Crippen LogP contribution in [0.3, 0.4) is 0 Å². The maximum atomic E-state index is 12.8. The van der Waals surface area contributed by atoms with E-state index in [0.717, 1.165) is 57.2 Å². The summed E-state index contributed by atoms with van der Waals surface area (Å²) in [5.74, 6) is 0.527. The van der Waals surface area contributed by atoms with Crippen molar-refractivity contribution in [1.82, 2.24) is 9.80 Å². The summed E-state index contributed by atoms with van der Waals surface area (Å²) in [4.78, 5) is 29.1. The molecule has 0 spiro atoms. The quantitative estimate of drug-likeness (QED) is 0.790. The van der Waals surface area contributed by atoms with Crippen LogP contribution in [0, 0.1) is 5.92 Å². The molecule has 3 rings (SSSR count). The molecule has 1 aromatic carbocycles. The molecule has 2 aliphatic rings. The largest absolute Gasteiger partial charge is 0.342 e. The second kappa shape index (κ2) is 7.85. The van der Waals surface area contributed by atoms with Gasteiger partial charge < -0.3 is 9.80 Å². The van der Waals surface area contributed by atoms with Gasteiger partial charge in [-0.1, -0.05) is 30.4 Å². The summed E-state index contributed by atoms with van der Waals surface area (Å²) in [5, 5.41) is 0. The molecule has 1 heterocycles. The lowest BCUT2D eigenvalue weighted by Gasteiger charge is -2.38. The first-order valence-corrected chi connectivity index (χ1v) is 9.34. The van der Waals surface area contributed by atoms with Crippen LogP contribution in [0.5, 0.6) is 0 Å². The van der Waals surface area contributed by atoms with E-state index in [1.165, 1.54) is 5.57 Å². The van der Waals surface area contributed by atoms with Gasteiger partial charge in [0.1, 0.15) is 0 Å². The average molecular weight is 340 g/mol. The van der Waals surface area contributed by atoms with Crippen molar-refractivity contribution < 1.29 is 9.59 Å². The van der Waals surface area contributed by atoms with Crippen molar-refractivity contribution in [3.05, 3.63) is 48.0 Å². The summed E-state index contributed by atoms with van der Waals surface area (Å²) in [7, 11) is 1.94. The molecular weight excluding hydrogens is 312 g/mol. The summed E-state index contributed by atoms with van der Waals surface area (Å²) in [6, 6.07) is 9.68. The lowest BCUT2D eigenvalue weighted by molar-refractivity contribution is -0.137. The Morgan fingerprint density at radius 3 is 2.24 bits per heavy atom. The second-order valence-corrected chi connectivity index (χ2v) is 7.36. The molecule has 1 saturated heterocycles. The highest BCUT2D eigenvalue weighted by atomic mass is 16.2. The predicted octanol–water partition coefficient (Wildman–Crippen LogP) is 3.50. The first-order valence-electron chi connectivity index (χ1n) is 9.34. The summed E-state index contributed by atoms with van der Waals surface area (Å²) >= 11 is 0. The van der Waals surface area contributed by atoms with E-state index < -0.39 is 0 Å². The molecule has 25 heavy (non-hydrogen) atoms. The number of piperidine rings is 1. The number of nitrogens with zero attached hydrogens (tertiary/aromatic N) is 2. The molecule has 0 radical (unpaired) electrons. The zero-order valence-corrected chi connectivity index (χ0v) is 15.1. The molecule has 2 fully saturated rings. The number of benzene rings is 1. The van der Waals surface area contributed by atoms with Crippen LogP contribution >= 0.6 is 0 Å². The number of likely N-dealkylation sites (tertiary alicyclic amines) is 1. The van der Waals surface area contributed by atoms with Crippen LogP contribution in [0.25, 0.3) is 0 Å². The monoisotopic (exact) mass is 340 g/mol. The van der Waals surface area contributed by atoms with Crippen molar-refractivity contribution >= 4 is 11.8 Å². The Morgan fingerprint density at radius 1 is 1.04 bits per heavy atom. The van der Waals surface area contributed by atoms with Crippen LogP contribution in [-0.4, -0.2) is 47.8 Å². The molecule has 0 bridgehead atoms. The fourth-order valence-corrected chi connectivity index (χ4v) is 3.96. The fraction of sp³-hybridized carbons (Fsp3) is 0.524. The van der Waals surface area contributed by atoms with Crippen molar-refractivity contribution in [2.75, 3.05) is 20.1 Å². The number of carbonyl (C=O) groups excluding carboxylic acids is 2. The third-order valence-electron chi connectivity index (χ3n) is 5.71. The van der Waals surface area contributed by atoms with Crippen LogP contribution in [0.15, 0.2) is 42.5 Å². The molecule has 2 amide bonds. The lowest BCUT2D eigenvalue weighted by Crippen LogP contribution is -2.48. The second-order valence-electron chi connectivity index (χ2n) is 7.36. The average Bonchev–Trinajstić information content (AvgIpc) is 2.67. The number of rotatable bonds is 3. The minimum Gasteiger partial charge on any atom is -0.342 e. The molecule has 0 atom stereocenters. The number of carbonyl (C=O) groups is 2. The third kappa shape index (κ3) is 4.12. The van der Waals surface area contributed by atoms with Crippen molar-refractivity contribution in [2.24, 2.45) is 5.92 Å². The molecule has 1 aromatic rings. The highest BCUT2D eigenvalue weighted by Crippen LogP contribution is 2.29. The molecular formula is C21H28N2O2. The van der Waals surface area contributed by atoms with Gasteiger partial charge in [0, 0.05) is 37.7 Å². The summed E-state index contributed by atoms with van der Waals surface area (Å²) in [5.41, 5.74) is 2.02. The SMILES string of the molecule is C=C1CCC(C(=O)N(C)C2CCN(C(=O)c3ccccc3)CC2)CC1. The van der Waals surface area contributed by atoms with E-state index in [-0.39, 0.29) is 23.8 Å². The Labute approximate surface area is 150 Å². The lowest BCUT2D eigenvalue weighted by atomic mass is 9.85. The van der Waals surface area contributed by atoms with E-state index >= 15 is 0 Å². The maximum Gasteiger partial charge on any atom is 0.253 e. The molecule has 1 saturated carbocycles. The van der Waals surface area contributed by atoms with E-state index in [1.54, 1.807) is 0 Å². The molecule has 1 aliphatic heterocycles.